The fourth-order valence-electron chi connectivity index (χ4n) is 2.26. The standard InChI is InChI=1S/C16H13NO4S/c1-21-11-6-4-10(5-7-11)9-17-15(19)13(14(18)16(17)20)12-3-2-8-22-12/h2-8,18H,9H2,1H3. The maximum absolute atomic E-state index is 12.4. The summed E-state index contributed by atoms with van der Waals surface area (Å²) in [6.07, 6.45) is 0. The van der Waals surface area contributed by atoms with Gasteiger partial charge in [0, 0.05) is 4.88 Å². The summed E-state index contributed by atoms with van der Waals surface area (Å²) in [5, 5.41) is 11.8. The predicted molar refractivity (Wildman–Crippen MR) is 82.4 cm³/mol. The van der Waals surface area contributed by atoms with Crippen molar-refractivity contribution in [1.29, 1.82) is 0 Å². The van der Waals surface area contributed by atoms with Gasteiger partial charge in [0.25, 0.3) is 11.8 Å². The normalized spacial score (nSPS) is 14.9. The monoisotopic (exact) mass is 315 g/mol. The summed E-state index contributed by atoms with van der Waals surface area (Å²) in [7, 11) is 1.57. The van der Waals surface area contributed by atoms with E-state index in [2.05, 4.69) is 0 Å². The second-order valence-electron chi connectivity index (χ2n) is 4.75. The first-order valence-electron chi connectivity index (χ1n) is 6.58. The number of thiophene rings is 1. The number of hydrogen-bond donors (Lipinski definition) is 1. The molecule has 0 unspecified atom stereocenters. The van der Waals surface area contributed by atoms with E-state index in [1.807, 2.05) is 0 Å². The summed E-state index contributed by atoms with van der Waals surface area (Å²) in [6, 6.07) is 10.5. The Labute approximate surface area is 131 Å². The van der Waals surface area contributed by atoms with E-state index in [1.54, 1.807) is 48.9 Å². The van der Waals surface area contributed by atoms with Gasteiger partial charge >= 0.3 is 0 Å². The number of amides is 2. The Hall–Kier alpha value is -2.60. The Kier molecular flexibility index (Phi) is 3.68. The highest BCUT2D eigenvalue weighted by molar-refractivity contribution is 7.11. The van der Waals surface area contributed by atoms with Crippen LogP contribution in [0.5, 0.6) is 5.75 Å². The Morgan fingerprint density at radius 1 is 1.14 bits per heavy atom. The third-order valence-electron chi connectivity index (χ3n) is 3.41. The van der Waals surface area contributed by atoms with Gasteiger partial charge in [0.1, 0.15) is 11.3 Å². The van der Waals surface area contributed by atoms with Crippen molar-refractivity contribution >= 4 is 28.7 Å². The first kappa shape index (κ1) is 14.3. The number of hydrogen-bond acceptors (Lipinski definition) is 5. The summed E-state index contributed by atoms with van der Waals surface area (Å²) in [4.78, 5) is 26.2. The molecule has 1 N–H and O–H groups in total. The lowest BCUT2D eigenvalue weighted by Gasteiger charge is -2.14. The van der Waals surface area contributed by atoms with Crippen molar-refractivity contribution < 1.29 is 19.4 Å². The predicted octanol–water partition coefficient (Wildman–Crippen LogP) is 2.59. The molecule has 0 bridgehead atoms. The molecule has 1 aliphatic heterocycles. The molecule has 5 nitrogen and oxygen atoms in total. The minimum absolute atomic E-state index is 0.0773. The molecule has 1 aromatic heterocycles. The Morgan fingerprint density at radius 2 is 1.86 bits per heavy atom. The highest BCUT2D eigenvalue weighted by Gasteiger charge is 2.39. The van der Waals surface area contributed by atoms with Gasteiger partial charge < -0.3 is 9.84 Å². The van der Waals surface area contributed by atoms with Gasteiger partial charge in [0.05, 0.1) is 13.7 Å². The molecule has 0 saturated carbocycles. The summed E-state index contributed by atoms with van der Waals surface area (Å²) < 4.78 is 5.07. The molecule has 0 aliphatic carbocycles. The number of carbonyl (C=O) groups is 2. The molecule has 2 amide bonds. The molecule has 1 aliphatic rings. The lowest BCUT2D eigenvalue weighted by Crippen LogP contribution is -2.31. The number of ether oxygens (including phenoxy) is 1. The van der Waals surface area contributed by atoms with Crippen molar-refractivity contribution in [2.75, 3.05) is 7.11 Å². The van der Waals surface area contributed by atoms with Crippen LogP contribution in [0.2, 0.25) is 0 Å². The summed E-state index contributed by atoms with van der Waals surface area (Å²) in [6.45, 7) is 0.112. The van der Waals surface area contributed by atoms with Crippen molar-refractivity contribution in [3.63, 3.8) is 0 Å². The zero-order valence-electron chi connectivity index (χ0n) is 11.8. The van der Waals surface area contributed by atoms with Gasteiger partial charge in [-0.2, -0.15) is 0 Å². The molecule has 2 aromatic rings. The Morgan fingerprint density at radius 3 is 2.45 bits per heavy atom. The van der Waals surface area contributed by atoms with E-state index >= 15 is 0 Å². The van der Waals surface area contributed by atoms with Crippen molar-refractivity contribution in [1.82, 2.24) is 4.90 Å². The van der Waals surface area contributed by atoms with Crippen LogP contribution in [0.4, 0.5) is 0 Å². The zero-order valence-corrected chi connectivity index (χ0v) is 12.6. The van der Waals surface area contributed by atoms with Crippen LogP contribution in [0.15, 0.2) is 47.5 Å². The molecule has 3 rings (SSSR count). The lowest BCUT2D eigenvalue weighted by atomic mass is 10.2. The van der Waals surface area contributed by atoms with Gasteiger partial charge in [-0.05, 0) is 29.1 Å². The topological polar surface area (TPSA) is 66.8 Å². The minimum Gasteiger partial charge on any atom is -0.502 e. The van der Waals surface area contributed by atoms with E-state index in [0.717, 1.165) is 10.5 Å². The maximum atomic E-state index is 12.4. The number of rotatable bonds is 4. The average molecular weight is 315 g/mol. The summed E-state index contributed by atoms with van der Waals surface area (Å²) in [5.74, 6) is -0.922. The number of nitrogens with zero attached hydrogens (tertiary/aromatic N) is 1. The molecule has 0 fully saturated rings. The maximum Gasteiger partial charge on any atom is 0.296 e. The summed E-state index contributed by atoms with van der Waals surface area (Å²) in [5.41, 5.74) is 0.858. The van der Waals surface area contributed by atoms with Gasteiger partial charge in [-0.3, -0.25) is 14.5 Å². The lowest BCUT2D eigenvalue weighted by molar-refractivity contribution is -0.138. The fraction of sp³-hybridized carbons (Fsp3) is 0.125. The molecule has 0 atom stereocenters. The van der Waals surface area contributed by atoms with Crippen LogP contribution >= 0.6 is 11.3 Å². The number of methoxy groups -OCH3 is 1. The Bertz CT molecular complexity index is 747. The van der Waals surface area contributed by atoms with E-state index < -0.39 is 17.6 Å². The largest absolute Gasteiger partial charge is 0.502 e. The van der Waals surface area contributed by atoms with Gasteiger partial charge in [-0.15, -0.1) is 11.3 Å². The van der Waals surface area contributed by atoms with Crippen molar-refractivity contribution in [2.24, 2.45) is 0 Å². The van der Waals surface area contributed by atoms with Crippen LogP contribution in [0.25, 0.3) is 5.57 Å². The molecule has 0 spiro atoms. The average Bonchev–Trinajstić information content (AvgIpc) is 3.12. The molecular weight excluding hydrogens is 302 g/mol. The molecule has 22 heavy (non-hydrogen) atoms. The number of aliphatic hydroxyl groups is 1. The second kappa shape index (κ2) is 5.65. The van der Waals surface area contributed by atoms with Crippen molar-refractivity contribution in [3.05, 3.63) is 58.0 Å². The Balaban J connectivity index is 1.84. The zero-order chi connectivity index (χ0) is 15.7. The highest BCUT2D eigenvalue weighted by atomic mass is 32.1. The highest BCUT2D eigenvalue weighted by Crippen LogP contribution is 2.31. The van der Waals surface area contributed by atoms with E-state index in [-0.39, 0.29) is 12.1 Å². The third-order valence-corrected chi connectivity index (χ3v) is 4.30. The molecule has 6 heteroatoms. The van der Waals surface area contributed by atoms with E-state index in [1.165, 1.54) is 11.3 Å². The first-order valence-corrected chi connectivity index (χ1v) is 7.46. The van der Waals surface area contributed by atoms with Crippen LogP contribution < -0.4 is 4.74 Å². The quantitative estimate of drug-likeness (QED) is 0.881. The molecular formula is C16H13NO4S. The van der Waals surface area contributed by atoms with Crippen LogP contribution in [-0.2, 0) is 16.1 Å². The third kappa shape index (κ3) is 2.37. The van der Waals surface area contributed by atoms with E-state index in [4.69, 9.17) is 4.74 Å². The van der Waals surface area contributed by atoms with E-state index in [9.17, 15) is 14.7 Å². The number of aliphatic hydroxyl groups excluding tert-OH is 1. The van der Waals surface area contributed by atoms with Crippen molar-refractivity contribution in [2.45, 2.75) is 6.54 Å². The molecule has 2 heterocycles. The SMILES string of the molecule is COc1ccc(CN2C(=O)C(O)=C(c3cccs3)C2=O)cc1. The van der Waals surface area contributed by atoms with Gasteiger partial charge in [-0.25, -0.2) is 0 Å². The van der Waals surface area contributed by atoms with Crippen LogP contribution in [0, 0.1) is 0 Å². The number of benzene rings is 1. The van der Waals surface area contributed by atoms with Crippen LogP contribution in [0.1, 0.15) is 10.4 Å². The number of imide groups is 1. The van der Waals surface area contributed by atoms with Gasteiger partial charge in [0.15, 0.2) is 5.76 Å². The molecule has 1 aromatic carbocycles. The van der Waals surface area contributed by atoms with Crippen LogP contribution in [-0.4, -0.2) is 28.9 Å². The summed E-state index contributed by atoms with van der Waals surface area (Å²) >= 11 is 1.31. The number of carbonyl (C=O) groups excluding carboxylic acids is 2. The molecule has 112 valence electrons. The minimum atomic E-state index is -0.663. The second-order valence-corrected chi connectivity index (χ2v) is 5.69. The van der Waals surface area contributed by atoms with Crippen LogP contribution in [0.3, 0.4) is 0 Å². The smallest absolute Gasteiger partial charge is 0.296 e. The molecule has 0 radical (unpaired) electrons. The van der Waals surface area contributed by atoms with Gasteiger partial charge in [-0.1, -0.05) is 18.2 Å². The van der Waals surface area contributed by atoms with E-state index in [0.29, 0.717) is 10.6 Å². The fourth-order valence-corrected chi connectivity index (χ4v) is 3.03. The molecule has 0 saturated heterocycles. The van der Waals surface area contributed by atoms with Crippen molar-refractivity contribution in [3.8, 4) is 5.75 Å². The first-order chi connectivity index (χ1) is 10.6. The van der Waals surface area contributed by atoms with Gasteiger partial charge in [0.2, 0.25) is 0 Å².